The van der Waals surface area contributed by atoms with Crippen LogP contribution >= 0.6 is 11.3 Å². The fraction of sp³-hybridized carbons (Fsp3) is 0.214. The largest absolute Gasteiger partial charge is 0.504 e. The predicted molar refractivity (Wildman–Crippen MR) is 140 cm³/mol. The van der Waals surface area contributed by atoms with Crippen molar-refractivity contribution in [3.8, 4) is 10.4 Å². The van der Waals surface area contributed by atoms with Crippen molar-refractivity contribution in [1.82, 2.24) is 0 Å². The van der Waals surface area contributed by atoms with Crippen LogP contribution in [0.1, 0.15) is 19.4 Å². The molecule has 1 aromatic heterocycles. The lowest BCUT2D eigenvalue weighted by Crippen LogP contribution is -2.46. The van der Waals surface area contributed by atoms with Gasteiger partial charge in [0.15, 0.2) is 0 Å². The van der Waals surface area contributed by atoms with Gasteiger partial charge in [-0.2, -0.15) is 0 Å². The lowest BCUT2D eigenvalue weighted by molar-refractivity contribution is 0.0346. The Kier molecular flexibility index (Phi) is 6.11. The molecule has 3 nitrogen and oxygen atoms in total. The molecule has 5 heteroatoms. The highest BCUT2D eigenvalue weighted by atomic mass is 32.1. The van der Waals surface area contributed by atoms with Crippen molar-refractivity contribution in [2.75, 3.05) is 18.1 Å². The highest BCUT2D eigenvalue weighted by Crippen LogP contribution is 2.36. The summed E-state index contributed by atoms with van der Waals surface area (Å²) in [5.41, 5.74) is 5.95. The molecule has 0 bridgehead atoms. The van der Waals surface area contributed by atoms with E-state index < -0.39 is 0 Å². The second-order valence-corrected chi connectivity index (χ2v) is 10.4. The molecular formula is C28H28BNO2S. The number of hydrogen-bond donors (Lipinski definition) is 0. The summed E-state index contributed by atoms with van der Waals surface area (Å²) >= 11 is 1.76. The monoisotopic (exact) mass is 453 g/mol. The molecule has 5 rings (SSSR count). The lowest BCUT2D eigenvalue weighted by atomic mass is 9.82. The maximum Gasteiger partial charge on any atom is 0.504 e. The molecule has 0 atom stereocenters. The van der Waals surface area contributed by atoms with Gasteiger partial charge in [0.05, 0.1) is 0 Å². The third-order valence-corrected chi connectivity index (χ3v) is 7.14. The second-order valence-electron chi connectivity index (χ2n) is 9.33. The van der Waals surface area contributed by atoms with Crippen LogP contribution in [0.15, 0.2) is 91.0 Å². The van der Waals surface area contributed by atoms with Gasteiger partial charge in [0.1, 0.15) is 0 Å². The fourth-order valence-corrected chi connectivity index (χ4v) is 5.31. The average molecular weight is 453 g/mol. The minimum absolute atomic E-state index is 0.0743. The summed E-state index contributed by atoms with van der Waals surface area (Å²) in [5, 5.41) is 0. The number of aryl methyl sites for hydroxylation is 1. The van der Waals surface area contributed by atoms with Crippen molar-refractivity contribution in [2.45, 2.75) is 20.8 Å². The molecule has 0 radical (unpaired) electrons. The molecule has 0 saturated carbocycles. The Morgan fingerprint density at radius 3 is 1.82 bits per heavy atom. The van der Waals surface area contributed by atoms with Gasteiger partial charge < -0.3 is 14.2 Å². The van der Waals surface area contributed by atoms with Crippen molar-refractivity contribution in [1.29, 1.82) is 0 Å². The topological polar surface area (TPSA) is 21.7 Å². The number of para-hydroxylation sites is 2. The lowest BCUT2D eigenvalue weighted by Gasteiger charge is -2.32. The normalized spacial score (nSPS) is 15.4. The summed E-state index contributed by atoms with van der Waals surface area (Å²) in [4.78, 5) is 3.54. The van der Waals surface area contributed by atoms with Crippen LogP contribution in [0, 0.1) is 12.3 Å². The highest BCUT2D eigenvalue weighted by molar-refractivity contribution is 7.25. The second kappa shape index (κ2) is 9.18. The van der Waals surface area contributed by atoms with Crippen LogP contribution in [0.5, 0.6) is 0 Å². The van der Waals surface area contributed by atoms with Crippen LogP contribution < -0.4 is 9.68 Å². The minimum Gasteiger partial charge on any atom is -0.406 e. The van der Waals surface area contributed by atoms with E-state index in [0.29, 0.717) is 13.2 Å². The Hall–Kier alpha value is -2.86. The first kappa shape index (κ1) is 22.0. The zero-order chi connectivity index (χ0) is 22.8. The zero-order valence-corrected chi connectivity index (χ0v) is 20.1. The van der Waals surface area contributed by atoms with Crippen LogP contribution in [0.4, 0.5) is 17.1 Å². The maximum absolute atomic E-state index is 6.01. The van der Waals surface area contributed by atoms with Gasteiger partial charge in [-0.1, -0.05) is 62.4 Å². The SMILES string of the molecule is Cc1cc(B2OCC(C)(C)CO2)sc1-c1ccc(N(c2ccccc2)c2ccccc2)cc1. The van der Waals surface area contributed by atoms with Gasteiger partial charge in [-0.3, -0.25) is 0 Å². The third kappa shape index (κ3) is 4.76. The minimum atomic E-state index is -0.263. The number of benzene rings is 3. The Bertz CT molecular complexity index is 1160. The van der Waals surface area contributed by atoms with Crippen LogP contribution in [-0.2, 0) is 9.31 Å². The number of thiophene rings is 1. The van der Waals surface area contributed by atoms with E-state index >= 15 is 0 Å². The summed E-state index contributed by atoms with van der Waals surface area (Å²) in [7, 11) is -0.263. The van der Waals surface area contributed by atoms with Gasteiger partial charge in [-0.05, 0) is 60.5 Å². The van der Waals surface area contributed by atoms with E-state index in [1.165, 1.54) is 16.0 Å². The molecule has 0 unspecified atom stereocenters. The van der Waals surface area contributed by atoms with E-state index in [9.17, 15) is 0 Å². The summed E-state index contributed by atoms with van der Waals surface area (Å²) in [6.07, 6.45) is 0. The van der Waals surface area contributed by atoms with Crippen LogP contribution in [0.2, 0.25) is 0 Å². The number of nitrogens with zero attached hydrogens (tertiary/aromatic N) is 1. The molecule has 1 aliphatic rings. The van der Waals surface area contributed by atoms with Crippen LogP contribution in [-0.4, -0.2) is 20.3 Å². The first-order valence-electron chi connectivity index (χ1n) is 11.3. The molecule has 166 valence electrons. The Labute approximate surface area is 200 Å². The molecule has 0 spiro atoms. The molecule has 33 heavy (non-hydrogen) atoms. The van der Waals surface area contributed by atoms with Gasteiger partial charge in [0.2, 0.25) is 0 Å². The third-order valence-electron chi connectivity index (χ3n) is 5.84. The van der Waals surface area contributed by atoms with E-state index in [4.69, 9.17) is 9.31 Å². The first-order valence-corrected chi connectivity index (χ1v) is 12.2. The first-order chi connectivity index (χ1) is 16.0. The molecule has 1 aliphatic heterocycles. The number of anilines is 3. The van der Waals surface area contributed by atoms with E-state index in [-0.39, 0.29) is 12.5 Å². The predicted octanol–water partition coefficient (Wildman–Crippen LogP) is 6.96. The van der Waals surface area contributed by atoms with E-state index in [2.05, 4.69) is 105 Å². The molecule has 0 N–H and O–H groups in total. The van der Waals surface area contributed by atoms with Crippen molar-refractivity contribution < 1.29 is 9.31 Å². The standard InChI is InChI=1S/C28H28BNO2S/c1-21-18-26(29-31-19-28(2,3)20-32-29)33-27(21)22-14-16-25(17-15-22)30(23-10-6-4-7-11-23)24-12-8-5-9-13-24/h4-18H,19-20H2,1-3H3. The van der Waals surface area contributed by atoms with Gasteiger partial charge in [0, 0.05) is 45.3 Å². The van der Waals surface area contributed by atoms with Crippen molar-refractivity contribution in [2.24, 2.45) is 5.41 Å². The molecule has 0 amide bonds. The van der Waals surface area contributed by atoms with Gasteiger partial charge in [-0.15, -0.1) is 11.3 Å². The Morgan fingerprint density at radius 2 is 1.27 bits per heavy atom. The molecular weight excluding hydrogens is 425 g/mol. The summed E-state index contributed by atoms with van der Waals surface area (Å²) < 4.78 is 13.2. The molecule has 0 aliphatic carbocycles. The average Bonchev–Trinajstić information content (AvgIpc) is 3.22. The Balaban J connectivity index is 1.43. The Morgan fingerprint density at radius 1 is 0.758 bits per heavy atom. The molecule has 2 heterocycles. The molecule has 3 aromatic carbocycles. The van der Waals surface area contributed by atoms with Crippen molar-refractivity contribution >= 4 is 40.3 Å². The van der Waals surface area contributed by atoms with Gasteiger partial charge >= 0.3 is 7.12 Å². The van der Waals surface area contributed by atoms with E-state index in [1.807, 2.05) is 12.1 Å². The summed E-state index contributed by atoms with van der Waals surface area (Å²) in [6.45, 7) is 7.94. The molecule has 4 aromatic rings. The highest BCUT2D eigenvalue weighted by Gasteiger charge is 2.34. The fourth-order valence-electron chi connectivity index (χ4n) is 4.13. The zero-order valence-electron chi connectivity index (χ0n) is 19.3. The summed E-state index contributed by atoms with van der Waals surface area (Å²) in [5.74, 6) is 0. The van der Waals surface area contributed by atoms with E-state index in [0.717, 1.165) is 21.8 Å². The quantitative estimate of drug-likeness (QED) is 0.305. The van der Waals surface area contributed by atoms with Crippen LogP contribution in [0.3, 0.4) is 0 Å². The van der Waals surface area contributed by atoms with Gasteiger partial charge in [-0.25, -0.2) is 0 Å². The van der Waals surface area contributed by atoms with E-state index in [1.54, 1.807) is 11.3 Å². The molecule has 1 saturated heterocycles. The van der Waals surface area contributed by atoms with Crippen LogP contribution in [0.25, 0.3) is 10.4 Å². The smallest absolute Gasteiger partial charge is 0.406 e. The molecule has 1 fully saturated rings. The maximum atomic E-state index is 6.01. The number of rotatable bonds is 5. The summed E-state index contributed by atoms with van der Waals surface area (Å²) in [6, 6.07) is 32.0. The van der Waals surface area contributed by atoms with Gasteiger partial charge in [0.25, 0.3) is 0 Å². The van der Waals surface area contributed by atoms with Crippen molar-refractivity contribution in [3.63, 3.8) is 0 Å². The van der Waals surface area contributed by atoms with Crippen molar-refractivity contribution in [3.05, 3.63) is 96.6 Å². The number of hydrogen-bond acceptors (Lipinski definition) is 4.